The number of nitrogens with one attached hydrogen (secondary N) is 1. The second-order valence-corrected chi connectivity index (χ2v) is 10.3. The van der Waals surface area contributed by atoms with Gasteiger partial charge in [-0.05, 0) is 60.7 Å². The van der Waals surface area contributed by atoms with Crippen molar-refractivity contribution in [1.82, 2.24) is 14.4 Å². The summed E-state index contributed by atoms with van der Waals surface area (Å²) >= 11 is 0. The van der Waals surface area contributed by atoms with Gasteiger partial charge >= 0.3 is 6.03 Å². The molecule has 2 aromatic carbocycles. The molecule has 3 heterocycles. The van der Waals surface area contributed by atoms with Gasteiger partial charge in [0, 0.05) is 55.9 Å². The number of pyridine rings is 1. The van der Waals surface area contributed by atoms with E-state index in [4.69, 9.17) is 0 Å². The molecule has 39 heavy (non-hydrogen) atoms. The average molecular weight is 546 g/mol. The van der Waals surface area contributed by atoms with E-state index in [9.17, 15) is 27.2 Å². The number of aryl methyl sites for hydroxylation is 1. The zero-order valence-corrected chi connectivity index (χ0v) is 22.1. The number of aromatic nitrogens is 1. The summed E-state index contributed by atoms with van der Waals surface area (Å²) in [6.45, 7) is 5.82. The highest BCUT2D eigenvalue weighted by Crippen LogP contribution is 2.34. The molecule has 2 saturated heterocycles. The Morgan fingerprint density at radius 2 is 1.67 bits per heavy atom. The molecule has 0 aliphatic carbocycles. The van der Waals surface area contributed by atoms with Gasteiger partial charge in [0.25, 0.3) is 12.0 Å². The van der Waals surface area contributed by atoms with Crippen molar-refractivity contribution in [2.45, 2.75) is 32.5 Å². The van der Waals surface area contributed by atoms with Gasteiger partial charge < -0.3 is 20.0 Å². The van der Waals surface area contributed by atoms with Crippen LogP contribution in [0.2, 0.25) is 0 Å². The molecule has 2 aliphatic heterocycles. The molecule has 0 unspecified atom stereocenters. The maximum absolute atomic E-state index is 13.6. The van der Waals surface area contributed by atoms with Crippen molar-refractivity contribution in [2.75, 3.05) is 49.5 Å². The molecular weight excluding hydrogens is 514 g/mol. The van der Waals surface area contributed by atoms with Crippen molar-refractivity contribution >= 4 is 28.3 Å². The Labute approximate surface area is 223 Å². The minimum absolute atomic E-state index is 0.125. The maximum atomic E-state index is 13.6. The topological polar surface area (TPSA) is 60.8 Å². The van der Waals surface area contributed by atoms with Crippen molar-refractivity contribution in [3.8, 4) is 0 Å². The summed E-state index contributed by atoms with van der Waals surface area (Å²) in [6.07, 6.45) is -3.81. The number of likely N-dealkylation sites (tertiary alicyclic amines) is 1. The summed E-state index contributed by atoms with van der Waals surface area (Å²) in [6, 6.07) is 8.25. The number of urea groups is 1. The smallest absolute Gasteiger partial charge is 0.320 e. The summed E-state index contributed by atoms with van der Waals surface area (Å²) in [7, 11) is 1.70. The third kappa shape index (κ3) is 5.14. The first-order chi connectivity index (χ1) is 18.5. The summed E-state index contributed by atoms with van der Waals surface area (Å²) < 4.78 is 55.6. The lowest BCUT2D eigenvalue weighted by Crippen LogP contribution is -2.59. The monoisotopic (exact) mass is 545 g/mol. The number of anilines is 2. The SMILES string of the molecule is Cc1cc([C@@H](C)Nc2ccc(F)cc2C(F)F)c2cc(N3CCN(C(=O)N4CC(F)C4)CC3)n(C)c(=O)c2c1. The molecule has 2 amide bonds. The van der Waals surface area contributed by atoms with Crippen LogP contribution in [-0.2, 0) is 7.05 Å². The van der Waals surface area contributed by atoms with E-state index in [0.29, 0.717) is 42.8 Å². The van der Waals surface area contributed by atoms with Gasteiger partial charge in [0.15, 0.2) is 0 Å². The van der Waals surface area contributed by atoms with Crippen LogP contribution >= 0.6 is 0 Å². The van der Waals surface area contributed by atoms with Crippen LogP contribution in [-0.4, -0.2) is 65.8 Å². The molecular formula is C28H31F4N5O2. The number of halogens is 4. The normalized spacial score (nSPS) is 17.1. The highest BCUT2D eigenvalue weighted by atomic mass is 19.3. The average Bonchev–Trinajstić information content (AvgIpc) is 2.89. The summed E-state index contributed by atoms with van der Waals surface area (Å²) in [5, 5.41) is 4.28. The van der Waals surface area contributed by atoms with Crippen LogP contribution in [0.25, 0.3) is 10.8 Å². The van der Waals surface area contributed by atoms with Gasteiger partial charge in [-0.1, -0.05) is 6.07 Å². The number of nitrogens with zero attached hydrogens (tertiary/aromatic N) is 4. The molecule has 0 saturated carbocycles. The van der Waals surface area contributed by atoms with Crippen LogP contribution < -0.4 is 15.8 Å². The van der Waals surface area contributed by atoms with Gasteiger partial charge in [-0.25, -0.2) is 22.4 Å². The molecule has 0 radical (unpaired) electrons. The number of rotatable bonds is 5. The number of carbonyl (C=O) groups is 1. The number of alkyl halides is 3. The molecule has 0 spiro atoms. The van der Waals surface area contributed by atoms with Crippen molar-refractivity contribution < 1.29 is 22.4 Å². The highest BCUT2D eigenvalue weighted by molar-refractivity contribution is 5.89. The number of fused-ring (bicyclic) bond motifs is 1. The van der Waals surface area contributed by atoms with E-state index >= 15 is 0 Å². The molecule has 208 valence electrons. The number of hydrogen-bond acceptors (Lipinski definition) is 4. The van der Waals surface area contributed by atoms with Crippen LogP contribution in [0.1, 0.15) is 36.1 Å². The van der Waals surface area contributed by atoms with E-state index in [2.05, 4.69) is 5.32 Å². The molecule has 1 atom stereocenters. The number of piperazine rings is 1. The minimum atomic E-state index is -2.85. The Bertz CT molecular complexity index is 1460. The molecule has 1 aromatic heterocycles. The number of carbonyl (C=O) groups excluding carboxylic acids is 1. The highest BCUT2D eigenvalue weighted by Gasteiger charge is 2.34. The van der Waals surface area contributed by atoms with E-state index in [1.807, 2.05) is 36.9 Å². The quantitative estimate of drug-likeness (QED) is 0.459. The van der Waals surface area contributed by atoms with Gasteiger partial charge in [0.2, 0.25) is 0 Å². The largest absolute Gasteiger partial charge is 0.378 e. The van der Waals surface area contributed by atoms with Crippen LogP contribution in [0.5, 0.6) is 0 Å². The van der Waals surface area contributed by atoms with Crippen molar-refractivity contribution in [1.29, 1.82) is 0 Å². The molecule has 3 aromatic rings. The van der Waals surface area contributed by atoms with Crippen molar-refractivity contribution in [2.24, 2.45) is 7.05 Å². The Kier molecular flexibility index (Phi) is 7.17. The number of amides is 2. The molecule has 5 rings (SSSR count). The fraction of sp³-hybridized carbons (Fsp3) is 0.429. The Morgan fingerprint density at radius 1 is 0.974 bits per heavy atom. The Hall–Kier alpha value is -3.76. The van der Waals surface area contributed by atoms with Crippen LogP contribution in [0, 0.1) is 12.7 Å². The first-order valence-corrected chi connectivity index (χ1v) is 12.9. The molecule has 11 heteroatoms. The van der Waals surface area contributed by atoms with E-state index in [1.165, 1.54) is 11.0 Å². The lowest BCUT2D eigenvalue weighted by molar-refractivity contribution is 0.0668. The summed E-state index contributed by atoms with van der Waals surface area (Å²) in [5.41, 5.74) is 1.10. The van der Waals surface area contributed by atoms with Gasteiger partial charge in [0.05, 0.1) is 13.1 Å². The molecule has 2 aliphatic rings. The molecule has 1 N–H and O–H groups in total. The van der Waals surface area contributed by atoms with Crippen LogP contribution in [0.3, 0.4) is 0 Å². The fourth-order valence-electron chi connectivity index (χ4n) is 5.40. The van der Waals surface area contributed by atoms with Crippen LogP contribution in [0.15, 0.2) is 41.2 Å². The Balaban J connectivity index is 1.45. The van der Waals surface area contributed by atoms with Gasteiger partial charge in [-0.3, -0.25) is 9.36 Å². The summed E-state index contributed by atoms with van der Waals surface area (Å²) in [5.74, 6) is -0.0596. The number of benzene rings is 2. The Morgan fingerprint density at radius 3 is 2.31 bits per heavy atom. The second kappa shape index (κ2) is 10.4. The molecule has 0 bridgehead atoms. The van der Waals surface area contributed by atoms with Crippen molar-refractivity contribution in [3.05, 3.63) is 69.3 Å². The third-order valence-electron chi connectivity index (χ3n) is 7.58. The van der Waals surface area contributed by atoms with Crippen molar-refractivity contribution in [3.63, 3.8) is 0 Å². The van der Waals surface area contributed by atoms with Gasteiger partial charge in [-0.15, -0.1) is 0 Å². The standard InChI is InChI=1S/C28H31F4N5O2/c1-16-10-20(17(2)33-24-5-4-18(29)12-23(24)26(31)32)21-13-25(34(3)27(38)22(21)11-16)35-6-8-36(9-7-35)28(39)37-14-19(30)15-37/h4-5,10-13,17,19,26,33H,6-9,14-15H2,1-3H3/t17-/m1/s1. The predicted molar refractivity (Wildman–Crippen MR) is 143 cm³/mol. The first kappa shape index (κ1) is 26.8. The predicted octanol–water partition coefficient (Wildman–Crippen LogP) is 4.99. The van der Waals surface area contributed by atoms with Crippen LogP contribution in [0.4, 0.5) is 33.9 Å². The van der Waals surface area contributed by atoms with E-state index < -0.39 is 30.0 Å². The minimum Gasteiger partial charge on any atom is -0.378 e. The van der Waals surface area contributed by atoms with Gasteiger partial charge in [-0.2, -0.15) is 0 Å². The van der Waals surface area contributed by atoms with Gasteiger partial charge in [0.1, 0.15) is 17.8 Å². The van der Waals surface area contributed by atoms with E-state index in [0.717, 1.165) is 23.3 Å². The first-order valence-electron chi connectivity index (χ1n) is 12.9. The van der Waals surface area contributed by atoms with E-state index in [1.54, 1.807) is 16.5 Å². The maximum Gasteiger partial charge on any atom is 0.320 e. The fourth-order valence-corrected chi connectivity index (χ4v) is 5.40. The third-order valence-corrected chi connectivity index (χ3v) is 7.58. The lowest BCUT2D eigenvalue weighted by Gasteiger charge is -2.42. The number of hydrogen-bond donors (Lipinski definition) is 1. The van der Waals surface area contributed by atoms with E-state index in [-0.39, 0.29) is 30.4 Å². The second-order valence-electron chi connectivity index (χ2n) is 10.3. The summed E-state index contributed by atoms with van der Waals surface area (Å²) in [4.78, 5) is 31.3. The molecule has 2 fully saturated rings. The lowest BCUT2D eigenvalue weighted by atomic mass is 9.97. The molecule has 7 nitrogen and oxygen atoms in total. The zero-order valence-electron chi connectivity index (χ0n) is 22.1. The zero-order chi connectivity index (χ0) is 28.0.